The Morgan fingerprint density at radius 3 is 2.43 bits per heavy atom. The van der Waals surface area contributed by atoms with Gasteiger partial charge >= 0.3 is 0 Å². The largest absolute Gasteiger partial charge is 0.294 e. The second-order valence-electron chi connectivity index (χ2n) is 9.20. The zero-order chi connectivity index (χ0) is 20.9. The zero-order valence-corrected chi connectivity index (χ0v) is 18.3. The third-order valence-electron chi connectivity index (χ3n) is 6.35. The smallest absolute Gasteiger partial charge is 0.282 e. The molecule has 0 amide bonds. The average molecular weight is 400 g/mol. The number of aryl methyl sites for hydroxylation is 1. The molecule has 2 aromatic carbocycles. The Morgan fingerprint density at radius 2 is 1.79 bits per heavy atom. The van der Waals surface area contributed by atoms with Crippen LogP contribution in [0, 0.1) is 12.8 Å². The van der Waals surface area contributed by atoms with E-state index < -0.39 is 10.1 Å². The van der Waals surface area contributed by atoms with Crippen LogP contribution in [0.2, 0.25) is 0 Å². The van der Waals surface area contributed by atoms with Gasteiger partial charge in [0, 0.05) is 6.21 Å². The average Bonchev–Trinajstić information content (AvgIpc) is 2.58. The van der Waals surface area contributed by atoms with Crippen LogP contribution in [0.25, 0.3) is 0 Å². The lowest BCUT2D eigenvalue weighted by molar-refractivity contribution is 0.233. The molecule has 0 saturated carbocycles. The molecule has 0 radical (unpaired) electrons. The number of aliphatic imine (C=N–C) groups is 1. The summed E-state index contributed by atoms with van der Waals surface area (Å²) in [5.41, 5.74) is 5.62. The van der Waals surface area contributed by atoms with Crippen LogP contribution < -0.4 is 0 Å². The summed E-state index contributed by atoms with van der Waals surface area (Å²) in [5, 5.41) is 0. The van der Waals surface area contributed by atoms with E-state index >= 15 is 0 Å². The SMILES string of the molecule is Cc1cc2c(cc1C=Nc1cccc(S(=O)(=O)O)c1)C(C)(C)CC(C)C2(C)C. The molecule has 0 aliphatic heterocycles. The fourth-order valence-electron chi connectivity index (χ4n) is 4.22. The maximum atomic E-state index is 11.3. The van der Waals surface area contributed by atoms with Gasteiger partial charge in [0.1, 0.15) is 0 Å². The van der Waals surface area contributed by atoms with E-state index in [0.29, 0.717) is 11.6 Å². The van der Waals surface area contributed by atoms with Crippen molar-refractivity contribution in [3.8, 4) is 0 Å². The van der Waals surface area contributed by atoms with E-state index in [9.17, 15) is 13.0 Å². The topological polar surface area (TPSA) is 66.7 Å². The van der Waals surface area contributed by atoms with Crippen LogP contribution in [-0.4, -0.2) is 19.2 Å². The van der Waals surface area contributed by atoms with E-state index in [2.05, 4.69) is 58.7 Å². The van der Waals surface area contributed by atoms with Gasteiger partial charge in [-0.15, -0.1) is 0 Å². The van der Waals surface area contributed by atoms with Crippen molar-refractivity contribution in [1.29, 1.82) is 0 Å². The highest BCUT2D eigenvalue weighted by Crippen LogP contribution is 2.49. The predicted molar refractivity (Wildman–Crippen MR) is 115 cm³/mol. The van der Waals surface area contributed by atoms with Crippen LogP contribution in [0.15, 0.2) is 46.3 Å². The van der Waals surface area contributed by atoms with Gasteiger partial charge in [-0.05, 0) is 76.6 Å². The molecule has 0 saturated heterocycles. The molecule has 0 fully saturated rings. The number of benzene rings is 2. The summed E-state index contributed by atoms with van der Waals surface area (Å²) in [6.45, 7) is 13.6. The molecular weight excluding hydrogens is 370 g/mol. The summed E-state index contributed by atoms with van der Waals surface area (Å²) >= 11 is 0. The van der Waals surface area contributed by atoms with Gasteiger partial charge in [-0.3, -0.25) is 9.55 Å². The van der Waals surface area contributed by atoms with Gasteiger partial charge in [0.15, 0.2) is 0 Å². The molecule has 1 aliphatic carbocycles. The summed E-state index contributed by atoms with van der Waals surface area (Å²) in [5.74, 6) is 0.595. The quantitative estimate of drug-likeness (QED) is 0.540. The third-order valence-corrected chi connectivity index (χ3v) is 7.20. The number of fused-ring (bicyclic) bond motifs is 1. The minimum atomic E-state index is -4.24. The highest BCUT2D eigenvalue weighted by Gasteiger charge is 2.42. The first kappa shape index (κ1) is 20.7. The lowest BCUT2D eigenvalue weighted by Crippen LogP contribution is -2.40. The van der Waals surface area contributed by atoms with Crippen molar-refractivity contribution in [1.82, 2.24) is 0 Å². The zero-order valence-electron chi connectivity index (χ0n) is 17.4. The van der Waals surface area contributed by atoms with Gasteiger partial charge in [0.25, 0.3) is 10.1 Å². The summed E-state index contributed by atoms with van der Waals surface area (Å²) in [7, 11) is -4.24. The Morgan fingerprint density at radius 1 is 1.11 bits per heavy atom. The Kier molecular flexibility index (Phi) is 5.05. The second kappa shape index (κ2) is 6.82. The molecule has 2 aromatic rings. The Labute approximate surface area is 168 Å². The van der Waals surface area contributed by atoms with Crippen molar-refractivity contribution in [2.75, 3.05) is 0 Å². The monoisotopic (exact) mass is 399 g/mol. The van der Waals surface area contributed by atoms with E-state index in [4.69, 9.17) is 0 Å². The van der Waals surface area contributed by atoms with Crippen LogP contribution >= 0.6 is 0 Å². The highest BCUT2D eigenvalue weighted by molar-refractivity contribution is 7.85. The van der Waals surface area contributed by atoms with Gasteiger partial charge in [0.05, 0.1) is 10.6 Å². The molecule has 1 N–H and O–H groups in total. The predicted octanol–water partition coefficient (Wildman–Crippen LogP) is 5.59. The van der Waals surface area contributed by atoms with Crippen molar-refractivity contribution >= 4 is 22.0 Å². The molecule has 5 heteroatoms. The molecule has 0 aromatic heterocycles. The summed E-state index contributed by atoms with van der Waals surface area (Å²) < 4.78 is 31.9. The number of nitrogens with zero attached hydrogens (tertiary/aromatic N) is 1. The van der Waals surface area contributed by atoms with Gasteiger partial charge in [0.2, 0.25) is 0 Å². The molecule has 0 heterocycles. The molecule has 28 heavy (non-hydrogen) atoms. The third kappa shape index (κ3) is 3.78. The Hall–Kier alpha value is -1.98. The first-order chi connectivity index (χ1) is 12.8. The van der Waals surface area contributed by atoms with E-state index in [1.54, 1.807) is 18.3 Å². The maximum absolute atomic E-state index is 11.3. The fraction of sp³-hybridized carbons (Fsp3) is 0.435. The van der Waals surface area contributed by atoms with Crippen LogP contribution in [0.4, 0.5) is 5.69 Å². The maximum Gasteiger partial charge on any atom is 0.294 e. The normalized spacial score (nSPS) is 20.9. The summed E-state index contributed by atoms with van der Waals surface area (Å²) in [6, 6.07) is 10.5. The molecule has 0 spiro atoms. The van der Waals surface area contributed by atoms with Crippen LogP contribution in [-0.2, 0) is 20.9 Å². The molecule has 150 valence electrons. The van der Waals surface area contributed by atoms with E-state index in [1.807, 2.05) is 0 Å². The minimum Gasteiger partial charge on any atom is -0.282 e. The molecule has 1 aliphatic rings. The van der Waals surface area contributed by atoms with Crippen LogP contribution in [0.3, 0.4) is 0 Å². The molecular formula is C23H29NO3S. The van der Waals surface area contributed by atoms with Crippen molar-refractivity contribution < 1.29 is 13.0 Å². The van der Waals surface area contributed by atoms with Crippen LogP contribution in [0.1, 0.15) is 63.3 Å². The second-order valence-corrected chi connectivity index (χ2v) is 10.6. The van der Waals surface area contributed by atoms with Crippen molar-refractivity contribution in [3.63, 3.8) is 0 Å². The van der Waals surface area contributed by atoms with Gasteiger partial charge in [-0.1, -0.05) is 46.8 Å². The lowest BCUT2D eigenvalue weighted by Gasteiger charge is -2.47. The lowest BCUT2D eigenvalue weighted by atomic mass is 9.58. The van der Waals surface area contributed by atoms with Crippen LogP contribution in [0.5, 0.6) is 0 Å². The fourth-order valence-corrected chi connectivity index (χ4v) is 4.74. The summed E-state index contributed by atoms with van der Waals surface area (Å²) in [4.78, 5) is 4.31. The van der Waals surface area contributed by atoms with Gasteiger partial charge in [-0.25, -0.2) is 0 Å². The molecule has 4 nitrogen and oxygen atoms in total. The first-order valence-electron chi connectivity index (χ1n) is 9.59. The van der Waals surface area contributed by atoms with E-state index in [1.165, 1.54) is 23.3 Å². The number of rotatable bonds is 3. The number of hydrogen-bond donors (Lipinski definition) is 1. The highest BCUT2D eigenvalue weighted by atomic mass is 32.2. The van der Waals surface area contributed by atoms with Gasteiger partial charge in [-0.2, -0.15) is 8.42 Å². The van der Waals surface area contributed by atoms with Crippen molar-refractivity contribution in [2.24, 2.45) is 10.9 Å². The van der Waals surface area contributed by atoms with Crippen molar-refractivity contribution in [2.45, 2.75) is 63.7 Å². The molecule has 1 atom stereocenters. The minimum absolute atomic E-state index is 0.0887. The molecule has 0 bridgehead atoms. The van der Waals surface area contributed by atoms with E-state index in [0.717, 1.165) is 17.5 Å². The van der Waals surface area contributed by atoms with Crippen molar-refractivity contribution in [3.05, 3.63) is 58.7 Å². The Balaban J connectivity index is 2.05. The Bertz CT molecular complexity index is 1050. The van der Waals surface area contributed by atoms with E-state index in [-0.39, 0.29) is 15.7 Å². The summed E-state index contributed by atoms with van der Waals surface area (Å²) in [6.07, 6.45) is 2.91. The first-order valence-corrected chi connectivity index (χ1v) is 11.0. The number of hydrogen-bond acceptors (Lipinski definition) is 3. The molecule has 3 rings (SSSR count). The molecule has 1 unspecified atom stereocenters. The standard InChI is InChI=1S/C23H29NO3S/c1-15-10-21-20(22(3,4)13-16(2)23(21,5)6)11-17(15)14-24-18-8-7-9-19(12-18)28(25,26)27/h7-12,14,16H,13H2,1-6H3,(H,25,26,27). The van der Waals surface area contributed by atoms with Gasteiger partial charge < -0.3 is 0 Å².